The Morgan fingerprint density at radius 2 is 2.05 bits per heavy atom. The van der Waals surface area contributed by atoms with Gasteiger partial charge in [-0.3, -0.25) is 4.68 Å². The lowest BCUT2D eigenvalue weighted by atomic mass is 10.1. The van der Waals surface area contributed by atoms with Gasteiger partial charge in [0.2, 0.25) is 0 Å². The number of nitrogens with zero attached hydrogens (tertiary/aromatic N) is 2. The summed E-state index contributed by atoms with van der Waals surface area (Å²) >= 11 is 0. The SMILES string of the molecule is CCn1nccc1CNc1ccc(C)c(OC)c1C. The van der Waals surface area contributed by atoms with E-state index in [0.717, 1.165) is 35.7 Å². The number of hydrogen-bond donors (Lipinski definition) is 1. The van der Waals surface area contributed by atoms with Gasteiger partial charge in [0.1, 0.15) is 5.75 Å². The minimum absolute atomic E-state index is 0.765. The molecular weight excluding hydrogens is 238 g/mol. The van der Waals surface area contributed by atoms with Crippen LogP contribution in [0.3, 0.4) is 0 Å². The van der Waals surface area contributed by atoms with Crippen molar-refractivity contribution in [3.63, 3.8) is 0 Å². The molecule has 1 aromatic carbocycles. The number of aryl methyl sites for hydroxylation is 2. The fourth-order valence-electron chi connectivity index (χ4n) is 2.31. The molecule has 2 aromatic rings. The summed E-state index contributed by atoms with van der Waals surface area (Å²) in [5, 5.41) is 7.72. The smallest absolute Gasteiger partial charge is 0.126 e. The highest BCUT2D eigenvalue weighted by molar-refractivity contribution is 5.59. The van der Waals surface area contributed by atoms with Crippen molar-refractivity contribution in [2.45, 2.75) is 33.9 Å². The zero-order valence-corrected chi connectivity index (χ0v) is 12.0. The molecule has 0 radical (unpaired) electrons. The van der Waals surface area contributed by atoms with Crippen molar-refractivity contribution in [2.24, 2.45) is 0 Å². The molecule has 0 aliphatic rings. The van der Waals surface area contributed by atoms with Gasteiger partial charge in [-0.25, -0.2) is 0 Å². The first-order valence-electron chi connectivity index (χ1n) is 6.56. The van der Waals surface area contributed by atoms with Crippen LogP contribution in [0.5, 0.6) is 5.75 Å². The second kappa shape index (κ2) is 5.78. The standard InChI is InChI=1S/C15H21N3O/c1-5-18-13(8-9-17-18)10-16-14-7-6-11(2)15(19-4)12(14)3/h6-9,16H,5,10H2,1-4H3. The molecule has 0 spiro atoms. The molecule has 4 heteroatoms. The molecule has 0 bridgehead atoms. The van der Waals surface area contributed by atoms with E-state index in [9.17, 15) is 0 Å². The van der Waals surface area contributed by atoms with Crippen LogP contribution in [-0.2, 0) is 13.1 Å². The Morgan fingerprint density at radius 3 is 2.74 bits per heavy atom. The predicted octanol–water partition coefficient (Wildman–Crippen LogP) is 3.14. The topological polar surface area (TPSA) is 39.1 Å². The van der Waals surface area contributed by atoms with Gasteiger partial charge in [-0.1, -0.05) is 6.07 Å². The third-order valence-electron chi connectivity index (χ3n) is 3.37. The number of hydrogen-bond acceptors (Lipinski definition) is 3. The predicted molar refractivity (Wildman–Crippen MR) is 77.7 cm³/mol. The van der Waals surface area contributed by atoms with Crippen molar-refractivity contribution >= 4 is 5.69 Å². The van der Waals surface area contributed by atoms with E-state index in [-0.39, 0.29) is 0 Å². The molecule has 0 unspecified atom stereocenters. The summed E-state index contributed by atoms with van der Waals surface area (Å²) in [6.07, 6.45) is 1.84. The number of rotatable bonds is 5. The first-order chi connectivity index (χ1) is 9.17. The average molecular weight is 259 g/mol. The van der Waals surface area contributed by atoms with Crippen molar-refractivity contribution in [1.29, 1.82) is 0 Å². The Bertz CT molecular complexity index is 561. The Kier molecular flexibility index (Phi) is 4.10. The highest BCUT2D eigenvalue weighted by Gasteiger charge is 2.08. The van der Waals surface area contributed by atoms with Gasteiger partial charge in [0.05, 0.1) is 19.3 Å². The molecule has 0 fully saturated rings. The lowest BCUT2D eigenvalue weighted by Gasteiger charge is -2.15. The summed E-state index contributed by atoms with van der Waals surface area (Å²) in [6.45, 7) is 7.88. The second-order valence-electron chi connectivity index (χ2n) is 4.58. The van der Waals surface area contributed by atoms with Gasteiger partial charge in [0, 0.05) is 24.0 Å². The van der Waals surface area contributed by atoms with E-state index in [1.807, 2.05) is 16.9 Å². The molecule has 1 heterocycles. The molecule has 4 nitrogen and oxygen atoms in total. The van der Waals surface area contributed by atoms with E-state index >= 15 is 0 Å². The maximum atomic E-state index is 5.44. The lowest BCUT2D eigenvalue weighted by Crippen LogP contribution is -2.09. The minimum atomic E-state index is 0.765. The van der Waals surface area contributed by atoms with Crippen molar-refractivity contribution in [3.05, 3.63) is 41.2 Å². The zero-order valence-electron chi connectivity index (χ0n) is 12.0. The molecule has 0 saturated heterocycles. The summed E-state index contributed by atoms with van der Waals surface area (Å²) in [4.78, 5) is 0. The van der Waals surface area contributed by atoms with Gasteiger partial charge in [-0.2, -0.15) is 5.10 Å². The van der Waals surface area contributed by atoms with Crippen LogP contribution in [0.4, 0.5) is 5.69 Å². The van der Waals surface area contributed by atoms with Crippen LogP contribution in [0.15, 0.2) is 24.4 Å². The van der Waals surface area contributed by atoms with E-state index in [4.69, 9.17) is 4.74 Å². The van der Waals surface area contributed by atoms with Crippen molar-refractivity contribution in [3.8, 4) is 5.75 Å². The summed E-state index contributed by atoms with van der Waals surface area (Å²) in [6, 6.07) is 6.21. The van der Waals surface area contributed by atoms with E-state index in [0.29, 0.717) is 0 Å². The van der Waals surface area contributed by atoms with Gasteiger partial charge in [0.15, 0.2) is 0 Å². The third-order valence-corrected chi connectivity index (χ3v) is 3.37. The molecular formula is C15H21N3O. The van der Waals surface area contributed by atoms with Gasteiger partial charge in [0.25, 0.3) is 0 Å². The molecule has 0 saturated carbocycles. The van der Waals surface area contributed by atoms with Crippen LogP contribution >= 0.6 is 0 Å². The van der Waals surface area contributed by atoms with Crippen LogP contribution in [-0.4, -0.2) is 16.9 Å². The van der Waals surface area contributed by atoms with Crippen LogP contribution in [0.1, 0.15) is 23.7 Å². The lowest BCUT2D eigenvalue weighted by molar-refractivity contribution is 0.409. The molecule has 0 amide bonds. The van der Waals surface area contributed by atoms with Crippen molar-refractivity contribution in [2.75, 3.05) is 12.4 Å². The van der Waals surface area contributed by atoms with Crippen LogP contribution < -0.4 is 10.1 Å². The van der Waals surface area contributed by atoms with E-state index in [2.05, 4.69) is 43.3 Å². The number of aromatic nitrogens is 2. The number of benzene rings is 1. The Hall–Kier alpha value is -1.97. The molecule has 102 valence electrons. The quantitative estimate of drug-likeness (QED) is 0.896. The molecule has 0 aliphatic carbocycles. The second-order valence-corrected chi connectivity index (χ2v) is 4.58. The Balaban J connectivity index is 2.16. The highest BCUT2D eigenvalue weighted by Crippen LogP contribution is 2.29. The fraction of sp³-hybridized carbons (Fsp3) is 0.400. The number of methoxy groups -OCH3 is 1. The molecule has 2 rings (SSSR count). The molecule has 0 aliphatic heterocycles. The highest BCUT2D eigenvalue weighted by atomic mass is 16.5. The van der Waals surface area contributed by atoms with E-state index in [1.54, 1.807) is 7.11 Å². The molecule has 1 aromatic heterocycles. The Morgan fingerprint density at radius 1 is 1.26 bits per heavy atom. The average Bonchev–Trinajstić information content (AvgIpc) is 2.86. The normalized spacial score (nSPS) is 10.5. The number of nitrogens with one attached hydrogen (secondary N) is 1. The molecule has 0 atom stereocenters. The fourth-order valence-corrected chi connectivity index (χ4v) is 2.31. The first kappa shape index (κ1) is 13.5. The van der Waals surface area contributed by atoms with Gasteiger partial charge in [-0.05, 0) is 38.5 Å². The zero-order chi connectivity index (χ0) is 13.8. The maximum Gasteiger partial charge on any atom is 0.126 e. The van der Waals surface area contributed by atoms with Crippen LogP contribution in [0.25, 0.3) is 0 Å². The monoisotopic (exact) mass is 259 g/mol. The summed E-state index contributed by atoms with van der Waals surface area (Å²) in [5.41, 5.74) is 4.59. The molecule has 1 N–H and O–H groups in total. The summed E-state index contributed by atoms with van der Waals surface area (Å²) < 4.78 is 7.43. The largest absolute Gasteiger partial charge is 0.496 e. The van der Waals surface area contributed by atoms with Crippen molar-refractivity contribution < 1.29 is 4.74 Å². The van der Waals surface area contributed by atoms with E-state index < -0.39 is 0 Å². The third kappa shape index (κ3) is 2.72. The summed E-state index contributed by atoms with van der Waals surface area (Å²) in [7, 11) is 1.71. The summed E-state index contributed by atoms with van der Waals surface area (Å²) in [5.74, 6) is 0.953. The van der Waals surface area contributed by atoms with Crippen molar-refractivity contribution in [1.82, 2.24) is 9.78 Å². The molecule has 19 heavy (non-hydrogen) atoms. The minimum Gasteiger partial charge on any atom is -0.496 e. The van der Waals surface area contributed by atoms with Gasteiger partial charge < -0.3 is 10.1 Å². The number of anilines is 1. The Labute approximate surface area is 114 Å². The van der Waals surface area contributed by atoms with Gasteiger partial charge in [-0.15, -0.1) is 0 Å². The maximum absolute atomic E-state index is 5.44. The van der Waals surface area contributed by atoms with E-state index in [1.165, 1.54) is 5.69 Å². The van der Waals surface area contributed by atoms with Crippen LogP contribution in [0, 0.1) is 13.8 Å². The number of ether oxygens (including phenoxy) is 1. The van der Waals surface area contributed by atoms with Crippen LogP contribution in [0.2, 0.25) is 0 Å². The first-order valence-corrected chi connectivity index (χ1v) is 6.56. The van der Waals surface area contributed by atoms with Gasteiger partial charge >= 0.3 is 0 Å².